The van der Waals surface area contributed by atoms with Crippen LogP contribution < -0.4 is 9.62 Å². The van der Waals surface area contributed by atoms with Crippen molar-refractivity contribution in [3.63, 3.8) is 0 Å². The van der Waals surface area contributed by atoms with Crippen LogP contribution in [0.2, 0.25) is 0 Å². The van der Waals surface area contributed by atoms with Gasteiger partial charge in [0.2, 0.25) is 10.0 Å². The second kappa shape index (κ2) is 13.5. The van der Waals surface area contributed by atoms with Crippen molar-refractivity contribution in [2.75, 3.05) is 42.2 Å². The molecule has 1 aromatic carbocycles. The standard InChI is InChI=1S/C28H38F2N6O3S/c1-4-12-35(13-6-7-20(5-2)21-8-9-21)23-16-22(17-31-18-23)26-19-36(34-32-26)28-24(29)10-11-25(27(28)30)33-40(37,38)15-14-39-3/h10-11,16-21,33H,4-9,12-15H2,1-3H3. The minimum absolute atomic E-state index is 0.0695. The van der Waals surface area contributed by atoms with E-state index in [-0.39, 0.29) is 12.4 Å². The lowest BCUT2D eigenvalue weighted by Crippen LogP contribution is -2.26. The highest BCUT2D eigenvalue weighted by Gasteiger charge is 2.29. The molecule has 0 spiro atoms. The molecule has 0 amide bonds. The first-order chi connectivity index (χ1) is 19.3. The summed E-state index contributed by atoms with van der Waals surface area (Å²) < 4.78 is 62.3. The molecule has 12 heteroatoms. The molecule has 1 unspecified atom stereocenters. The molecule has 40 heavy (non-hydrogen) atoms. The monoisotopic (exact) mass is 576 g/mol. The van der Waals surface area contributed by atoms with Gasteiger partial charge in [-0.1, -0.05) is 25.5 Å². The first-order valence-corrected chi connectivity index (χ1v) is 15.5. The van der Waals surface area contributed by atoms with E-state index in [1.807, 2.05) is 12.3 Å². The average molecular weight is 577 g/mol. The molecule has 1 saturated carbocycles. The van der Waals surface area contributed by atoms with Gasteiger partial charge in [-0.2, -0.15) is 0 Å². The van der Waals surface area contributed by atoms with E-state index in [9.17, 15) is 12.8 Å². The lowest BCUT2D eigenvalue weighted by atomic mass is 9.95. The van der Waals surface area contributed by atoms with Gasteiger partial charge in [-0.3, -0.25) is 9.71 Å². The highest BCUT2D eigenvalue weighted by molar-refractivity contribution is 7.92. The van der Waals surface area contributed by atoms with E-state index >= 15 is 4.39 Å². The summed E-state index contributed by atoms with van der Waals surface area (Å²) in [4.78, 5) is 6.72. The van der Waals surface area contributed by atoms with Crippen LogP contribution in [0.15, 0.2) is 36.8 Å². The van der Waals surface area contributed by atoms with Crippen molar-refractivity contribution in [1.82, 2.24) is 20.0 Å². The summed E-state index contributed by atoms with van der Waals surface area (Å²) in [7, 11) is -2.54. The topological polar surface area (TPSA) is 102 Å². The van der Waals surface area contributed by atoms with Crippen LogP contribution in [0.3, 0.4) is 0 Å². The molecule has 1 atom stereocenters. The number of nitrogens with one attached hydrogen (secondary N) is 1. The van der Waals surface area contributed by atoms with Gasteiger partial charge in [0.15, 0.2) is 11.6 Å². The Balaban J connectivity index is 1.53. The molecule has 0 saturated heterocycles. The smallest absolute Gasteiger partial charge is 0.235 e. The van der Waals surface area contributed by atoms with Crippen LogP contribution in [0, 0.1) is 23.5 Å². The Morgan fingerprint density at radius 3 is 2.70 bits per heavy atom. The second-order valence-corrected chi connectivity index (χ2v) is 12.1. The molecule has 0 radical (unpaired) electrons. The van der Waals surface area contributed by atoms with Crippen molar-refractivity contribution >= 4 is 21.4 Å². The number of rotatable bonds is 16. The lowest BCUT2D eigenvalue weighted by Gasteiger charge is -2.25. The van der Waals surface area contributed by atoms with Crippen LogP contribution in [0.5, 0.6) is 0 Å². The third kappa shape index (κ3) is 7.54. The van der Waals surface area contributed by atoms with E-state index in [0.29, 0.717) is 11.3 Å². The maximum Gasteiger partial charge on any atom is 0.235 e. The average Bonchev–Trinajstić information content (AvgIpc) is 3.67. The van der Waals surface area contributed by atoms with E-state index in [4.69, 9.17) is 4.74 Å². The van der Waals surface area contributed by atoms with Crippen LogP contribution in [0.4, 0.5) is 20.2 Å². The lowest BCUT2D eigenvalue weighted by molar-refractivity contribution is 0.217. The zero-order valence-corrected chi connectivity index (χ0v) is 24.1. The van der Waals surface area contributed by atoms with E-state index in [1.54, 1.807) is 6.20 Å². The molecular formula is C28H38F2N6O3S. The number of ether oxygens (including phenoxy) is 1. The first kappa shape index (κ1) is 29.9. The molecular weight excluding hydrogens is 538 g/mol. The zero-order chi connectivity index (χ0) is 28.7. The summed E-state index contributed by atoms with van der Waals surface area (Å²) in [5.74, 6) is -0.672. The Bertz CT molecular complexity index is 1380. The number of nitrogens with zero attached hydrogens (tertiary/aromatic N) is 5. The van der Waals surface area contributed by atoms with Gasteiger partial charge in [0.25, 0.3) is 0 Å². The Morgan fingerprint density at radius 2 is 2.00 bits per heavy atom. The Hall–Kier alpha value is -3.12. The molecule has 0 bridgehead atoms. The fraction of sp³-hybridized carbons (Fsp3) is 0.536. The van der Waals surface area contributed by atoms with E-state index in [1.165, 1.54) is 39.0 Å². The van der Waals surface area contributed by atoms with Crippen molar-refractivity contribution < 1.29 is 21.9 Å². The van der Waals surface area contributed by atoms with Crippen molar-refractivity contribution in [2.45, 2.75) is 52.4 Å². The molecule has 218 valence electrons. The van der Waals surface area contributed by atoms with Gasteiger partial charge in [-0.15, -0.1) is 5.10 Å². The van der Waals surface area contributed by atoms with Crippen LogP contribution >= 0.6 is 0 Å². The quantitative estimate of drug-likeness (QED) is 0.243. The van der Waals surface area contributed by atoms with Gasteiger partial charge in [0.05, 0.1) is 36.1 Å². The van der Waals surface area contributed by atoms with Gasteiger partial charge in [-0.05, 0) is 62.1 Å². The summed E-state index contributed by atoms with van der Waals surface area (Å²) in [5, 5.41) is 8.06. The van der Waals surface area contributed by atoms with Gasteiger partial charge in [0, 0.05) is 32.0 Å². The molecule has 1 fully saturated rings. The Morgan fingerprint density at radius 1 is 1.20 bits per heavy atom. The van der Waals surface area contributed by atoms with Gasteiger partial charge in [-0.25, -0.2) is 21.9 Å². The van der Waals surface area contributed by atoms with Gasteiger partial charge < -0.3 is 9.64 Å². The highest BCUT2D eigenvalue weighted by Crippen LogP contribution is 2.40. The van der Waals surface area contributed by atoms with E-state index < -0.39 is 33.0 Å². The minimum atomic E-state index is -3.90. The number of halogens is 2. The normalized spacial score (nSPS) is 14.3. The number of pyridine rings is 1. The maximum absolute atomic E-state index is 15.3. The summed E-state index contributed by atoms with van der Waals surface area (Å²) in [6.07, 6.45) is 12.1. The second-order valence-electron chi connectivity index (χ2n) is 10.3. The highest BCUT2D eigenvalue weighted by atomic mass is 32.2. The molecule has 1 aliphatic carbocycles. The molecule has 2 aromatic heterocycles. The van der Waals surface area contributed by atoms with Crippen LogP contribution in [-0.2, 0) is 14.8 Å². The van der Waals surface area contributed by atoms with Crippen molar-refractivity contribution in [3.05, 3.63) is 48.4 Å². The van der Waals surface area contributed by atoms with Crippen LogP contribution in [-0.4, -0.2) is 61.0 Å². The number of sulfonamides is 1. The SMILES string of the molecule is CCCN(CCCC(CC)C1CC1)c1cncc(-c2cn(-c3c(F)ccc(NS(=O)(=O)CCOC)c3F)nn2)c1. The molecule has 9 nitrogen and oxygen atoms in total. The predicted molar refractivity (Wildman–Crippen MR) is 152 cm³/mol. The first-order valence-electron chi connectivity index (χ1n) is 13.9. The molecule has 1 aliphatic rings. The Labute approximate surface area is 235 Å². The van der Waals surface area contributed by atoms with Crippen LogP contribution in [0.1, 0.15) is 52.4 Å². The number of hydrogen-bond donors (Lipinski definition) is 1. The molecule has 1 N–H and O–H groups in total. The summed E-state index contributed by atoms with van der Waals surface area (Å²) >= 11 is 0. The zero-order valence-electron chi connectivity index (χ0n) is 23.3. The minimum Gasteiger partial charge on any atom is -0.384 e. The van der Waals surface area contributed by atoms with Crippen molar-refractivity contribution in [2.24, 2.45) is 11.8 Å². The third-order valence-corrected chi connectivity index (χ3v) is 8.54. The molecule has 3 aromatic rings. The molecule has 2 heterocycles. The van der Waals surface area contributed by atoms with Gasteiger partial charge in [0.1, 0.15) is 11.4 Å². The van der Waals surface area contributed by atoms with Gasteiger partial charge >= 0.3 is 0 Å². The van der Waals surface area contributed by atoms with E-state index in [2.05, 4.69) is 38.8 Å². The summed E-state index contributed by atoms with van der Waals surface area (Å²) in [6.45, 7) is 6.17. The van der Waals surface area contributed by atoms with E-state index in [0.717, 1.165) is 60.3 Å². The Kier molecular flexibility index (Phi) is 10.1. The number of methoxy groups -OCH3 is 1. The predicted octanol–water partition coefficient (Wildman–Crippen LogP) is 5.43. The third-order valence-electron chi connectivity index (χ3n) is 7.31. The molecule has 4 rings (SSSR count). The van der Waals surface area contributed by atoms with Crippen molar-refractivity contribution in [3.8, 4) is 16.9 Å². The van der Waals surface area contributed by atoms with Crippen LogP contribution in [0.25, 0.3) is 16.9 Å². The molecule has 0 aliphatic heterocycles. The fourth-order valence-electron chi connectivity index (χ4n) is 5.01. The number of benzene rings is 1. The summed E-state index contributed by atoms with van der Waals surface area (Å²) in [5.41, 5.74) is 1.07. The number of aromatic nitrogens is 4. The maximum atomic E-state index is 15.3. The largest absolute Gasteiger partial charge is 0.384 e. The number of anilines is 2. The van der Waals surface area contributed by atoms with Crippen molar-refractivity contribution in [1.29, 1.82) is 0 Å². The summed E-state index contributed by atoms with van der Waals surface area (Å²) in [6, 6.07) is 3.97. The number of hydrogen-bond acceptors (Lipinski definition) is 7. The fourth-order valence-corrected chi connectivity index (χ4v) is 5.99.